The second-order valence-electron chi connectivity index (χ2n) is 6.43. The number of aliphatic hydroxyl groups is 2. The summed E-state index contributed by atoms with van der Waals surface area (Å²) in [6.07, 6.45) is 0. The van der Waals surface area contributed by atoms with Gasteiger partial charge >= 0.3 is 0 Å². The van der Waals surface area contributed by atoms with Gasteiger partial charge in [0.05, 0.1) is 24.4 Å². The Morgan fingerprint density at radius 3 is 2.00 bits per heavy atom. The highest BCUT2D eigenvalue weighted by Gasteiger charge is 2.53. The van der Waals surface area contributed by atoms with Gasteiger partial charge in [-0.15, -0.1) is 0 Å². The van der Waals surface area contributed by atoms with E-state index in [1.54, 1.807) is 0 Å². The molecule has 0 aromatic carbocycles. The summed E-state index contributed by atoms with van der Waals surface area (Å²) >= 11 is 0. The molecule has 0 saturated carbocycles. The van der Waals surface area contributed by atoms with E-state index < -0.39 is 0 Å². The Labute approximate surface area is 116 Å². The second kappa shape index (κ2) is 6.50. The summed E-state index contributed by atoms with van der Waals surface area (Å²) in [5, 5.41) is 21.6. The number of aliphatic hydroxyl groups excluding tert-OH is 2. The topological polar surface area (TPSA) is 65.0 Å². The predicted molar refractivity (Wildman–Crippen MR) is 76.2 cm³/mol. The lowest BCUT2D eigenvalue weighted by Crippen LogP contribution is -2.50. The van der Waals surface area contributed by atoms with Crippen LogP contribution in [-0.2, 0) is 4.74 Å². The monoisotopic (exact) mass is 274 g/mol. The molecule has 0 aromatic heterocycles. The van der Waals surface area contributed by atoms with Crippen LogP contribution in [0.5, 0.6) is 0 Å². The molecule has 0 radical (unpaired) electrons. The van der Waals surface area contributed by atoms with Crippen molar-refractivity contribution in [2.24, 2.45) is 5.92 Å². The highest BCUT2D eigenvalue weighted by Crippen LogP contribution is 2.42. The molecule has 114 valence electrons. The van der Waals surface area contributed by atoms with Crippen molar-refractivity contribution < 1.29 is 14.9 Å². The van der Waals surface area contributed by atoms with Crippen molar-refractivity contribution in [2.45, 2.75) is 44.9 Å². The molecule has 1 fully saturated rings. The van der Waals surface area contributed by atoms with Crippen molar-refractivity contribution in [1.82, 2.24) is 10.2 Å². The van der Waals surface area contributed by atoms with Gasteiger partial charge in [0.2, 0.25) is 0 Å². The third-order valence-corrected chi connectivity index (χ3v) is 4.17. The number of ether oxygens (including phenoxy) is 1. The van der Waals surface area contributed by atoms with Gasteiger partial charge in [0, 0.05) is 31.6 Å². The molecule has 2 unspecified atom stereocenters. The molecule has 1 aliphatic rings. The molecule has 0 bridgehead atoms. The first kappa shape index (κ1) is 16.9. The van der Waals surface area contributed by atoms with Crippen LogP contribution < -0.4 is 5.32 Å². The van der Waals surface area contributed by atoms with Gasteiger partial charge in [-0.25, -0.2) is 0 Å². The summed E-state index contributed by atoms with van der Waals surface area (Å²) in [7, 11) is 1.96. The van der Waals surface area contributed by atoms with Crippen molar-refractivity contribution >= 4 is 0 Å². The fraction of sp³-hybridized carbons (Fsp3) is 1.00. The number of likely N-dealkylation sites (N-methyl/N-ethyl adjacent to an activating group) is 1. The number of hydrogen-bond acceptors (Lipinski definition) is 5. The van der Waals surface area contributed by atoms with Gasteiger partial charge in [-0.05, 0) is 34.7 Å². The van der Waals surface area contributed by atoms with E-state index in [9.17, 15) is 0 Å². The Bertz CT molecular complexity index is 276. The van der Waals surface area contributed by atoms with Crippen molar-refractivity contribution in [1.29, 1.82) is 0 Å². The van der Waals surface area contributed by atoms with E-state index in [4.69, 9.17) is 14.9 Å². The smallest absolute Gasteiger partial charge is 0.0790 e. The first-order valence-electron chi connectivity index (χ1n) is 7.10. The highest BCUT2D eigenvalue weighted by atomic mass is 16.5. The molecule has 0 aliphatic carbocycles. The standard InChI is InChI=1S/C14H30N2O3/c1-13(2)11(10-16(6-8-17)7-9-18)12(15-5)14(3,4)19-13/h11-12,15,17-18H,6-10H2,1-5H3. The van der Waals surface area contributed by atoms with E-state index >= 15 is 0 Å². The SMILES string of the molecule is CNC1C(CN(CCO)CCO)C(C)(C)OC1(C)C. The third-order valence-electron chi connectivity index (χ3n) is 4.17. The normalized spacial score (nSPS) is 29.1. The molecular weight excluding hydrogens is 244 g/mol. The number of nitrogens with zero attached hydrogens (tertiary/aromatic N) is 1. The van der Waals surface area contributed by atoms with Crippen molar-refractivity contribution in [3.05, 3.63) is 0 Å². The second-order valence-corrected chi connectivity index (χ2v) is 6.43. The lowest BCUT2D eigenvalue weighted by Gasteiger charge is -2.33. The molecule has 1 rings (SSSR count). The summed E-state index contributed by atoms with van der Waals surface area (Å²) in [6.45, 7) is 10.7. The Morgan fingerprint density at radius 2 is 1.58 bits per heavy atom. The summed E-state index contributed by atoms with van der Waals surface area (Å²) < 4.78 is 6.20. The lowest BCUT2D eigenvalue weighted by molar-refractivity contribution is -0.0797. The van der Waals surface area contributed by atoms with E-state index in [-0.39, 0.29) is 30.5 Å². The van der Waals surface area contributed by atoms with Gasteiger partial charge in [-0.2, -0.15) is 0 Å². The van der Waals surface area contributed by atoms with Crippen LogP contribution in [-0.4, -0.2) is 72.3 Å². The Hall–Kier alpha value is -0.200. The molecule has 1 heterocycles. The van der Waals surface area contributed by atoms with Crippen LogP contribution in [0.1, 0.15) is 27.7 Å². The lowest BCUT2D eigenvalue weighted by atomic mass is 9.82. The molecule has 2 atom stereocenters. The molecule has 5 nitrogen and oxygen atoms in total. The zero-order valence-electron chi connectivity index (χ0n) is 12.9. The van der Waals surface area contributed by atoms with E-state index in [0.29, 0.717) is 19.0 Å². The Morgan fingerprint density at radius 1 is 1.05 bits per heavy atom. The maximum atomic E-state index is 9.12. The largest absolute Gasteiger partial charge is 0.395 e. The molecule has 3 N–H and O–H groups in total. The number of rotatable bonds is 7. The van der Waals surface area contributed by atoms with Crippen LogP contribution in [0.25, 0.3) is 0 Å². The summed E-state index contributed by atoms with van der Waals surface area (Å²) in [5.74, 6) is 0.311. The van der Waals surface area contributed by atoms with Gasteiger partial charge in [0.25, 0.3) is 0 Å². The molecule has 0 aromatic rings. The summed E-state index contributed by atoms with van der Waals surface area (Å²) in [6, 6.07) is 0.252. The van der Waals surface area contributed by atoms with Crippen LogP contribution in [0.4, 0.5) is 0 Å². The van der Waals surface area contributed by atoms with E-state index in [1.807, 2.05) is 7.05 Å². The Balaban J connectivity index is 2.82. The van der Waals surface area contributed by atoms with Gasteiger partial charge in [-0.3, -0.25) is 4.90 Å². The zero-order valence-corrected chi connectivity index (χ0v) is 12.9. The summed E-state index contributed by atoms with van der Waals surface area (Å²) in [4.78, 5) is 2.10. The summed E-state index contributed by atoms with van der Waals surface area (Å²) in [5.41, 5.74) is -0.437. The van der Waals surface area contributed by atoms with Crippen LogP contribution in [0.15, 0.2) is 0 Å². The predicted octanol–water partition coefficient (Wildman–Crippen LogP) is 0.0646. The number of hydrogen-bond donors (Lipinski definition) is 3. The maximum absolute atomic E-state index is 9.12. The maximum Gasteiger partial charge on any atom is 0.0790 e. The van der Waals surface area contributed by atoms with Crippen molar-refractivity contribution in [3.8, 4) is 0 Å². The molecule has 0 spiro atoms. The van der Waals surface area contributed by atoms with Gasteiger partial charge in [0.1, 0.15) is 0 Å². The molecule has 1 aliphatic heterocycles. The first-order chi connectivity index (χ1) is 8.78. The van der Waals surface area contributed by atoms with E-state index in [2.05, 4.69) is 37.9 Å². The van der Waals surface area contributed by atoms with Crippen molar-refractivity contribution in [2.75, 3.05) is 39.9 Å². The average molecular weight is 274 g/mol. The first-order valence-corrected chi connectivity index (χ1v) is 7.10. The van der Waals surface area contributed by atoms with E-state index in [1.165, 1.54) is 0 Å². The van der Waals surface area contributed by atoms with Crippen LogP contribution in [0.3, 0.4) is 0 Å². The number of nitrogens with one attached hydrogen (secondary N) is 1. The molecule has 0 amide bonds. The quantitative estimate of drug-likeness (QED) is 0.613. The van der Waals surface area contributed by atoms with Gasteiger partial charge < -0.3 is 20.3 Å². The van der Waals surface area contributed by atoms with Crippen molar-refractivity contribution in [3.63, 3.8) is 0 Å². The van der Waals surface area contributed by atoms with E-state index in [0.717, 1.165) is 6.54 Å². The third kappa shape index (κ3) is 3.89. The fourth-order valence-electron chi connectivity index (χ4n) is 3.43. The minimum absolute atomic E-state index is 0.113. The fourth-order valence-corrected chi connectivity index (χ4v) is 3.43. The minimum atomic E-state index is -0.222. The van der Waals surface area contributed by atoms with Crippen LogP contribution in [0.2, 0.25) is 0 Å². The molecule has 19 heavy (non-hydrogen) atoms. The highest BCUT2D eigenvalue weighted by molar-refractivity contribution is 5.05. The molecular formula is C14H30N2O3. The molecule has 5 heteroatoms. The average Bonchev–Trinajstić information content (AvgIpc) is 2.44. The minimum Gasteiger partial charge on any atom is -0.395 e. The Kier molecular flexibility index (Phi) is 5.77. The zero-order chi connectivity index (χ0) is 14.7. The van der Waals surface area contributed by atoms with Gasteiger partial charge in [0.15, 0.2) is 0 Å². The molecule has 1 saturated heterocycles. The van der Waals surface area contributed by atoms with Crippen LogP contribution >= 0.6 is 0 Å². The van der Waals surface area contributed by atoms with Gasteiger partial charge in [-0.1, -0.05) is 0 Å². The van der Waals surface area contributed by atoms with Crippen LogP contribution in [0, 0.1) is 5.92 Å².